The number of fused-ring (bicyclic) bond motifs is 1. The number of rotatable bonds is 3. The highest BCUT2D eigenvalue weighted by Crippen LogP contribution is 2.40. The molecule has 1 fully saturated rings. The molecule has 2 N–H and O–H groups in total. The minimum Gasteiger partial charge on any atom is -0.323 e. The van der Waals surface area contributed by atoms with Crippen molar-refractivity contribution in [3.63, 3.8) is 0 Å². The summed E-state index contributed by atoms with van der Waals surface area (Å²) in [5, 5.41) is 0. The van der Waals surface area contributed by atoms with Gasteiger partial charge in [-0.05, 0) is 36.6 Å². The average Bonchev–Trinajstić information content (AvgIpc) is 3.28. The van der Waals surface area contributed by atoms with E-state index in [4.69, 9.17) is 10.7 Å². The van der Waals surface area contributed by atoms with Gasteiger partial charge in [0.05, 0.1) is 17.1 Å². The topological polar surface area (TPSA) is 43.8 Å². The molecule has 3 aromatic rings. The summed E-state index contributed by atoms with van der Waals surface area (Å²) in [6.45, 7) is 0. The molecule has 106 valence electrons. The van der Waals surface area contributed by atoms with E-state index in [-0.39, 0.29) is 6.04 Å². The Labute approximate surface area is 131 Å². The predicted molar refractivity (Wildman–Crippen MR) is 88.2 cm³/mol. The molecule has 0 saturated heterocycles. The number of halogens is 1. The highest BCUT2D eigenvalue weighted by atomic mass is 79.9. The fraction of sp³-hybridized carbons (Fsp3) is 0.235. The molecular weight excluding hydrogens is 326 g/mol. The van der Waals surface area contributed by atoms with E-state index in [2.05, 4.69) is 50.8 Å². The molecule has 1 heterocycles. The number of hydrogen-bond acceptors (Lipinski definition) is 2. The van der Waals surface area contributed by atoms with Crippen molar-refractivity contribution in [2.45, 2.75) is 24.9 Å². The van der Waals surface area contributed by atoms with Crippen LogP contribution in [0.4, 0.5) is 0 Å². The van der Waals surface area contributed by atoms with Crippen molar-refractivity contribution < 1.29 is 0 Å². The Kier molecular flexibility index (Phi) is 3.08. The highest BCUT2D eigenvalue weighted by molar-refractivity contribution is 9.10. The Hall–Kier alpha value is -1.65. The standard InChI is InChI=1S/C17H16BrN3/c18-12-6-9-15-14(10-12)20-17(21(15)13-7-8-13)16(19)11-4-2-1-3-5-11/h1-6,9-10,13,16H,7-8,19H2. The van der Waals surface area contributed by atoms with Crippen LogP contribution in [0.15, 0.2) is 53.0 Å². The van der Waals surface area contributed by atoms with Crippen LogP contribution in [0, 0.1) is 0 Å². The van der Waals surface area contributed by atoms with E-state index in [1.807, 2.05) is 18.2 Å². The van der Waals surface area contributed by atoms with Crippen LogP contribution in [0.5, 0.6) is 0 Å². The maximum atomic E-state index is 6.49. The molecule has 0 aliphatic heterocycles. The van der Waals surface area contributed by atoms with E-state index in [0.717, 1.165) is 21.4 Å². The van der Waals surface area contributed by atoms with E-state index >= 15 is 0 Å². The lowest BCUT2D eigenvalue weighted by molar-refractivity contribution is 0.659. The van der Waals surface area contributed by atoms with Crippen LogP contribution in [0.1, 0.15) is 36.3 Å². The summed E-state index contributed by atoms with van der Waals surface area (Å²) >= 11 is 3.52. The fourth-order valence-corrected chi connectivity index (χ4v) is 3.18. The number of nitrogens with two attached hydrogens (primary N) is 1. The first kappa shape index (κ1) is 13.0. The van der Waals surface area contributed by atoms with Crippen LogP contribution in [0.3, 0.4) is 0 Å². The van der Waals surface area contributed by atoms with Crippen molar-refractivity contribution in [1.29, 1.82) is 0 Å². The van der Waals surface area contributed by atoms with Gasteiger partial charge in [-0.25, -0.2) is 4.98 Å². The summed E-state index contributed by atoms with van der Waals surface area (Å²) in [5.41, 5.74) is 9.79. The SMILES string of the molecule is NC(c1ccccc1)c1nc2cc(Br)ccc2n1C1CC1. The second kappa shape index (κ2) is 4.97. The molecule has 1 aliphatic rings. The number of aromatic nitrogens is 2. The van der Waals surface area contributed by atoms with Crippen molar-refractivity contribution in [3.05, 3.63) is 64.4 Å². The summed E-state index contributed by atoms with van der Waals surface area (Å²) < 4.78 is 3.38. The molecule has 2 aromatic carbocycles. The second-order valence-electron chi connectivity index (χ2n) is 5.59. The van der Waals surface area contributed by atoms with Crippen LogP contribution in [0.2, 0.25) is 0 Å². The Morgan fingerprint density at radius 1 is 1.14 bits per heavy atom. The van der Waals surface area contributed by atoms with Crippen molar-refractivity contribution in [3.8, 4) is 0 Å². The van der Waals surface area contributed by atoms with Crippen molar-refractivity contribution in [2.24, 2.45) is 5.73 Å². The highest BCUT2D eigenvalue weighted by Gasteiger charge is 2.30. The Morgan fingerprint density at radius 2 is 1.90 bits per heavy atom. The van der Waals surface area contributed by atoms with E-state index in [0.29, 0.717) is 6.04 Å². The molecule has 1 aliphatic carbocycles. The Bertz CT molecular complexity index is 790. The largest absolute Gasteiger partial charge is 0.323 e. The van der Waals surface area contributed by atoms with Gasteiger partial charge < -0.3 is 10.3 Å². The van der Waals surface area contributed by atoms with Gasteiger partial charge in [0.2, 0.25) is 0 Å². The van der Waals surface area contributed by atoms with Gasteiger partial charge in [0.1, 0.15) is 5.82 Å². The minimum atomic E-state index is -0.182. The molecule has 4 heteroatoms. The van der Waals surface area contributed by atoms with E-state index in [1.54, 1.807) is 0 Å². The van der Waals surface area contributed by atoms with Gasteiger partial charge in [0.25, 0.3) is 0 Å². The van der Waals surface area contributed by atoms with Gasteiger partial charge in [-0.3, -0.25) is 0 Å². The van der Waals surface area contributed by atoms with Gasteiger partial charge in [0, 0.05) is 10.5 Å². The van der Waals surface area contributed by atoms with Crippen LogP contribution < -0.4 is 5.73 Å². The van der Waals surface area contributed by atoms with Crippen LogP contribution >= 0.6 is 15.9 Å². The molecule has 0 spiro atoms. The lowest BCUT2D eigenvalue weighted by Gasteiger charge is -2.14. The van der Waals surface area contributed by atoms with Gasteiger partial charge in [-0.15, -0.1) is 0 Å². The Balaban J connectivity index is 1.89. The zero-order valence-corrected chi connectivity index (χ0v) is 13.1. The molecule has 4 rings (SSSR count). The van der Waals surface area contributed by atoms with Gasteiger partial charge in [0.15, 0.2) is 0 Å². The van der Waals surface area contributed by atoms with E-state index in [9.17, 15) is 0 Å². The van der Waals surface area contributed by atoms with Crippen molar-refractivity contribution in [2.75, 3.05) is 0 Å². The molecule has 1 saturated carbocycles. The zero-order chi connectivity index (χ0) is 14.4. The third-order valence-corrected chi connectivity index (χ3v) is 4.52. The lowest BCUT2D eigenvalue weighted by atomic mass is 10.1. The summed E-state index contributed by atoms with van der Waals surface area (Å²) in [5.74, 6) is 0.969. The molecular formula is C17H16BrN3. The summed E-state index contributed by atoms with van der Waals surface area (Å²) in [4.78, 5) is 4.82. The molecule has 0 amide bonds. The minimum absolute atomic E-state index is 0.182. The van der Waals surface area contributed by atoms with E-state index < -0.39 is 0 Å². The quantitative estimate of drug-likeness (QED) is 0.776. The maximum absolute atomic E-state index is 6.49. The second-order valence-corrected chi connectivity index (χ2v) is 6.51. The molecule has 1 unspecified atom stereocenters. The Morgan fingerprint density at radius 3 is 2.62 bits per heavy atom. The molecule has 0 bridgehead atoms. The summed E-state index contributed by atoms with van der Waals surface area (Å²) in [6, 6.07) is 16.8. The first-order chi connectivity index (χ1) is 10.2. The molecule has 3 nitrogen and oxygen atoms in total. The first-order valence-corrected chi connectivity index (χ1v) is 8.01. The molecule has 21 heavy (non-hydrogen) atoms. The van der Waals surface area contributed by atoms with Crippen LogP contribution in [-0.4, -0.2) is 9.55 Å². The molecule has 0 radical (unpaired) electrons. The van der Waals surface area contributed by atoms with Crippen LogP contribution in [0.25, 0.3) is 11.0 Å². The normalized spacial score (nSPS) is 16.3. The molecule has 1 atom stereocenters. The van der Waals surface area contributed by atoms with Gasteiger partial charge in [-0.1, -0.05) is 46.3 Å². The van der Waals surface area contributed by atoms with Gasteiger partial charge in [-0.2, -0.15) is 0 Å². The number of nitrogens with zero attached hydrogens (tertiary/aromatic N) is 2. The summed E-state index contributed by atoms with van der Waals surface area (Å²) in [6.07, 6.45) is 2.44. The fourth-order valence-electron chi connectivity index (χ4n) is 2.84. The van der Waals surface area contributed by atoms with E-state index in [1.165, 1.54) is 18.4 Å². The molecule has 1 aromatic heterocycles. The third kappa shape index (κ3) is 2.28. The number of hydrogen-bond donors (Lipinski definition) is 1. The van der Waals surface area contributed by atoms with Crippen molar-refractivity contribution in [1.82, 2.24) is 9.55 Å². The maximum Gasteiger partial charge on any atom is 0.131 e. The predicted octanol–water partition coefficient (Wildman–Crippen LogP) is 4.18. The van der Waals surface area contributed by atoms with Crippen molar-refractivity contribution >= 4 is 27.0 Å². The summed E-state index contributed by atoms with van der Waals surface area (Å²) in [7, 11) is 0. The number of benzene rings is 2. The number of imidazole rings is 1. The average molecular weight is 342 g/mol. The van der Waals surface area contributed by atoms with Crippen LogP contribution in [-0.2, 0) is 0 Å². The smallest absolute Gasteiger partial charge is 0.131 e. The first-order valence-electron chi connectivity index (χ1n) is 7.22. The third-order valence-electron chi connectivity index (χ3n) is 4.03. The monoisotopic (exact) mass is 341 g/mol. The van der Waals surface area contributed by atoms with Gasteiger partial charge >= 0.3 is 0 Å². The zero-order valence-electron chi connectivity index (χ0n) is 11.5. The lowest BCUT2D eigenvalue weighted by Crippen LogP contribution is -2.17.